The lowest BCUT2D eigenvalue weighted by Gasteiger charge is -2.26. The molecule has 104 valence electrons. The van der Waals surface area contributed by atoms with Crippen LogP contribution in [0.25, 0.3) is 0 Å². The monoisotopic (exact) mass is 283 g/mol. The van der Waals surface area contributed by atoms with E-state index in [0.717, 1.165) is 23.7 Å². The van der Waals surface area contributed by atoms with Crippen LogP contribution in [0.2, 0.25) is 0 Å². The van der Waals surface area contributed by atoms with E-state index in [9.17, 15) is 9.59 Å². The number of thioether (sulfide) groups is 1. The van der Waals surface area contributed by atoms with Crippen LogP contribution >= 0.6 is 11.8 Å². The van der Waals surface area contributed by atoms with Gasteiger partial charge in [0.2, 0.25) is 5.91 Å². The van der Waals surface area contributed by atoms with Crippen LogP contribution in [0.4, 0.5) is 0 Å². The highest BCUT2D eigenvalue weighted by Gasteiger charge is 2.24. The second kappa shape index (κ2) is 6.10. The highest BCUT2D eigenvalue weighted by Crippen LogP contribution is 2.27. The Kier molecular flexibility index (Phi) is 4.47. The Morgan fingerprint density at radius 1 is 1.68 bits per heavy atom. The van der Waals surface area contributed by atoms with Gasteiger partial charge in [0, 0.05) is 24.9 Å². The molecule has 0 radical (unpaired) electrons. The van der Waals surface area contributed by atoms with Crippen LogP contribution in [0, 0.1) is 0 Å². The molecule has 1 amide bonds. The third-order valence-electron chi connectivity index (χ3n) is 3.13. The van der Waals surface area contributed by atoms with E-state index in [2.05, 4.69) is 14.9 Å². The van der Waals surface area contributed by atoms with E-state index in [1.165, 1.54) is 11.8 Å². The van der Waals surface area contributed by atoms with Gasteiger partial charge in [-0.3, -0.25) is 9.59 Å². The summed E-state index contributed by atoms with van der Waals surface area (Å²) in [7, 11) is 0. The first-order valence-electron chi connectivity index (χ1n) is 6.29. The summed E-state index contributed by atoms with van der Waals surface area (Å²) in [5.41, 5.74) is 1.08. The summed E-state index contributed by atoms with van der Waals surface area (Å²) in [6.45, 7) is 2.63. The number of carbonyl (C=O) groups excluding carboxylic acids is 1. The number of carboxylic acid groups (broad SMARTS) is 1. The van der Waals surface area contributed by atoms with Crippen LogP contribution in [-0.2, 0) is 16.0 Å². The first-order valence-corrected chi connectivity index (χ1v) is 7.27. The molecule has 1 aliphatic heterocycles. The van der Waals surface area contributed by atoms with Gasteiger partial charge < -0.3 is 15.0 Å². The van der Waals surface area contributed by atoms with Crippen LogP contribution in [0.15, 0.2) is 11.4 Å². The average molecular weight is 283 g/mol. The predicted octanol–water partition coefficient (Wildman–Crippen LogP) is 1.07. The van der Waals surface area contributed by atoms with Gasteiger partial charge in [-0.1, -0.05) is 18.7 Å². The fourth-order valence-electron chi connectivity index (χ4n) is 2.20. The summed E-state index contributed by atoms with van der Waals surface area (Å²) in [6, 6.07) is 0.173. The maximum atomic E-state index is 11.2. The van der Waals surface area contributed by atoms with Crippen molar-refractivity contribution in [1.82, 2.24) is 14.9 Å². The second-order valence-electron chi connectivity index (χ2n) is 4.43. The molecule has 0 spiro atoms. The summed E-state index contributed by atoms with van der Waals surface area (Å²) in [4.78, 5) is 26.2. The van der Waals surface area contributed by atoms with E-state index in [1.807, 2.05) is 6.92 Å². The van der Waals surface area contributed by atoms with Crippen LogP contribution in [0.3, 0.4) is 0 Å². The number of aliphatic carboxylic acids is 1. The summed E-state index contributed by atoms with van der Waals surface area (Å²) < 4.78 is 2.08. The zero-order chi connectivity index (χ0) is 13.8. The normalized spacial score (nSPS) is 19.2. The summed E-state index contributed by atoms with van der Waals surface area (Å²) in [5.74, 6) is -0.775. The van der Waals surface area contributed by atoms with Gasteiger partial charge in [0.1, 0.15) is 0 Å². The molecule has 2 rings (SSSR count). The van der Waals surface area contributed by atoms with Gasteiger partial charge in [-0.25, -0.2) is 4.98 Å². The van der Waals surface area contributed by atoms with Crippen LogP contribution in [-0.4, -0.2) is 38.8 Å². The topological polar surface area (TPSA) is 84.2 Å². The lowest BCUT2D eigenvalue weighted by Crippen LogP contribution is -2.36. The first-order chi connectivity index (χ1) is 9.11. The highest BCUT2D eigenvalue weighted by molar-refractivity contribution is 7.99. The van der Waals surface area contributed by atoms with Gasteiger partial charge in [-0.2, -0.15) is 0 Å². The molecule has 0 aliphatic carbocycles. The Balaban J connectivity index is 2.18. The van der Waals surface area contributed by atoms with Gasteiger partial charge in [-0.05, 0) is 12.8 Å². The SMILES string of the molecule is CCc1cnc(SCC(=O)O)n1C1CCC(=O)NC1. The molecule has 1 aliphatic rings. The number of carbonyl (C=O) groups is 2. The van der Waals surface area contributed by atoms with E-state index < -0.39 is 5.97 Å². The second-order valence-corrected chi connectivity index (χ2v) is 5.38. The molecule has 19 heavy (non-hydrogen) atoms. The van der Waals surface area contributed by atoms with Gasteiger partial charge in [0.05, 0.1) is 11.8 Å². The summed E-state index contributed by atoms with van der Waals surface area (Å²) in [6.07, 6.45) is 3.91. The Bertz CT molecular complexity index is 477. The molecule has 0 saturated carbocycles. The van der Waals surface area contributed by atoms with Crippen molar-refractivity contribution in [2.24, 2.45) is 0 Å². The minimum absolute atomic E-state index is 0.000747. The number of nitrogens with one attached hydrogen (secondary N) is 1. The number of nitrogens with zero attached hydrogens (tertiary/aromatic N) is 2. The van der Waals surface area contributed by atoms with Gasteiger partial charge in [0.15, 0.2) is 5.16 Å². The maximum absolute atomic E-state index is 11.2. The van der Waals surface area contributed by atoms with Crippen molar-refractivity contribution in [3.8, 4) is 0 Å². The first kappa shape index (κ1) is 13.9. The summed E-state index contributed by atoms with van der Waals surface area (Å²) >= 11 is 1.23. The number of hydrogen-bond acceptors (Lipinski definition) is 4. The van der Waals surface area contributed by atoms with Crippen LogP contribution in [0.5, 0.6) is 0 Å². The Hall–Kier alpha value is -1.50. The number of aromatic nitrogens is 2. The quantitative estimate of drug-likeness (QED) is 0.790. The van der Waals surface area contributed by atoms with E-state index in [0.29, 0.717) is 13.0 Å². The third-order valence-corrected chi connectivity index (χ3v) is 4.08. The Morgan fingerprint density at radius 2 is 2.47 bits per heavy atom. The molecule has 6 nitrogen and oxygen atoms in total. The lowest BCUT2D eigenvalue weighted by molar-refractivity contribution is -0.134. The predicted molar refractivity (Wildman–Crippen MR) is 71.2 cm³/mol. The Morgan fingerprint density at radius 3 is 3.05 bits per heavy atom. The minimum atomic E-state index is -0.852. The van der Waals surface area contributed by atoms with Crippen molar-refractivity contribution in [3.63, 3.8) is 0 Å². The molecule has 1 unspecified atom stereocenters. The zero-order valence-electron chi connectivity index (χ0n) is 10.8. The van der Waals surface area contributed by atoms with Crippen LogP contribution < -0.4 is 5.32 Å². The molecule has 0 bridgehead atoms. The zero-order valence-corrected chi connectivity index (χ0v) is 11.6. The van der Waals surface area contributed by atoms with Crippen molar-refractivity contribution in [2.75, 3.05) is 12.3 Å². The molecule has 1 aromatic rings. The van der Waals surface area contributed by atoms with E-state index in [4.69, 9.17) is 5.11 Å². The van der Waals surface area contributed by atoms with E-state index in [-0.39, 0.29) is 17.7 Å². The number of rotatable bonds is 5. The number of aryl methyl sites for hydroxylation is 1. The molecule has 0 aromatic carbocycles. The lowest BCUT2D eigenvalue weighted by atomic mass is 10.1. The molecular weight excluding hydrogens is 266 g/mol. The highest BCUT2D eigenvalue weighted by atomic mass is 32.2. The molecule has 7 heteroatoms. The maximum Gasteiger partial charge on any atom is 0.313 e. The molecule has 1 atom stereocenters. The largest absolute Gasteiger partial charge is 0.481 e. The van der Waals surface area contributed by atoms with Crippen molar-refractivity contribution in [1.29, 1.82) is 0 Å². The molecule has 2 heterocycles. The van der Waals surface area contributed by atoms with Gasteiger partial charge in [-0.15, -0.1) is 0 Å². The number of carboxylic acids is 1. The molecule has 1 aromatic heterocycles. The summed E-state index contributed by atoms with van der Waals surface area (Å²) in [5, 5.41) is 12.3. The number of hydrogen-bond donors (Lipinski definition) is 2. The number of amides is 1. The molecular formula is C12H17N3O3S. The third kappa shape index (κ3) is 3.28. The number of piperidine rings is 1. The van der Waals surface area contributed by atoms with E-state index in [1.54, 1.807) is 6.20 Å². The van der Waals surface area contributed by atoms with Crippen molar-refractivity contribution in [2.45, 2.75) is 37.4 Å². The minimum Gasteiger partial charge on any atom is -0.481 e. The van der Waals surface area contributed by atoms with Crippen molar-refractivity contribution >= 4 is 23.6 Å². The van der Waals surface area contributed by atoms with Gasteiger partial charge in [0.25, 0.3) is 0 Å². The standard InChI is InChI=1S/C12H17N3O3S/c1-2-8-5-14-12(19-7-11(17)18)15(8)9-3-4-10(16)13-6-9/h5,9H,2-4,6-7H2,1H3,(H,13,16)(H,17,18). The average Bonchev–Trinajstić information content (AvgIpc) is 2.80. The van der Waals surface area contributed by atoms with Crippen molar-refractivity contribution in [3.05, 3.63) is 11.9 Å². The Labute approximate surface area is 115 Å². The van der Waals surface area contributed by atoms with Crippen molar-refractivity contribution < 1.29 is 14.7 Å². The molecule has 1 saturated heterocycles. The van der Waals surface area contributed by atoms with Crippen LogP contribution in [0.1, 0.15) is 31.5 Å². The smallest absolute Gasteiger partial charge is 0.313 e. The number of imidazole rings is 1. The van der Waals surface area contributed by atoms with Gasteiger partial charge >= 0.3 is 5.97 Å². The molecule has 1 fully saturated rings. The van der Waals surface area contributed by atoms with E-state index >= 15 is 0 Å². The molecule has 2 N–H and O–H groups in total. The fourth-order valence-corrected chi connectivity index (χ4v) is 2.99. The fraction of sp³-hybridized carbons (Fsp3) is 0.583.